The van der Waals surface area contributed by atoms with Gasteiger partial charge in [-0.05, 0) is 74.2 Å². The molecule has 4 rings (SSSR count). The lowest BCUT2D eigenvalue weighted by atomic mass is 9.68. The maximum absolute atomic E-state index is 6.12. The first kappa shape index (κ1) is 26.2. The SMILES string of the molecule is CCCCCCCC1COC(c2ccc(C3CCC(C4CCC(CCC)CC4)CC3)cc2)OC1. The third-order valence-electron chi connectivity index (χ3n) is 9.39. The number of rotatable bonds is 11. The molecule has 0 atom stereocenters. The van der Waals surface area contributed by atoms with Crippen molar-refractivity contribution in [1.29, 1.82) is 0 Å². The van der Waals surface area contributed by atoms with E-state index in [0.717, 1.165) is 36.9 Å². The van der Waals surface area contributed by atoms with Crippen LogP contribution in [-0.4, -0.2) is 13.2 Å². The van der Waals surface area contributed by atoms with Gasteiger partial charge in [0, 0.05) is 11.5 Å². The van der Waals surface area contributed by atoms with Crippen LogP contribution in [0, 0.1) is 23.7 Å². The molecular weight excluding hydrogens is 416 g/mol. The van der Waals surface area contributed by atoms with Crippen molar-refractivity contribution in [2.45, 2.75) is 129 Å². The summed E-state index contributed by atoms with van der Waals surface area (Å²) in [5, 5.41) is 0. The Balaban J connectivity index is 1.16. The second kappa shape index (κ2) is 14.0. The Kier molecular flexibility index (Phi) is 10.8. The summed E-state index contributed by atoms with van der Waals surface area (Å²) in [6.45, 7) is 6.33. The highest BCUT2D eigenvalue weighted by Gasteiger charge is 2.31. The third kappa shape index (κ3) is 7.57. The predicted molar refractivity (Wildman–Crippen MR) is 143 cm³/mol. The predicted octanol–water partition coefficient (Wildman–Crippen LogP) is 9.59. The van der Waals surface area contributed by atoms with Crippen molar-refractivity contribution in [3.8, 4) is 0 Å². The summed E-state index contributed by atoms with van der Waals surface area (Å²) in [5.41, 5.74) is 2.73. The van der Waals surface area contributed by atoms with E-state index >= 15 is 0 Å². The van der Waals surface area contributed by atoms with Gasteiger partial charge in [0.15, 0.2) is 6.29 Å². The summed E-state index contributed by atoms with van der Waals surface area (Å²) in [7, 11) is 0. The van der Waals surface area contributed by atoms with Gasteiger partial charge in [-0.15, -0.1) is 0 Å². The van der Waals surface area contributed by atoms with Crippen molar-refractivity contribution >= 4 is 0 Å². The van der Waals surface area contributed by atoms with E-state index in [1.165, 1.54) is 114 Å². The van der Waals surface area contributed by atoms with Crippen LogP contribution in [0.2, 0.25) is 0 Å². The van der Waals surface area contributed by atoms with E-state index in [2.05, 4.69) is 38.1 Å². The van der Waals surface area contributed by atoms with Gasteiger partial charge in [-0.25, -0.2) is 0 Å². The Labute approximate surface area is 210 Å². The molecule has 1 aromatic rings. The van der Waals surface area contributed by atoms with E-state index in [9.17, 15) is 0 Å². The van der Waals surface area contributed by atoms with Crippen LogP contribution in [0.1, 0.15) is 140 Å². The fourth-order valence-electron chi connectivity index (χ4n) is 7.14. The Morgan fingerprint density at radius 2 is 1.18 bits per heavy atom. The molecule has 2 nitrogen and oxygen atoms in total. The molecule has 192 valence electrons. The van der Waals surface area contributed by atoms with Crippen molar-refractivity contribution < 1.29 is 9.47 Å². The van der Waals surface area contributed by atoms with Crippen LogP contribution in [0.25, 0.3) is 0 Å². The summed E-state index contributed by atoms with van der Waals surface area (Å²) in [5.74, 6) is 4.40. The lowest BCUT2D eigenvalue weighted by Gasteiger charge is -2.38. The van der Waals surface area contributed by atoms with E-state index in [1.54, 1.807) is 0 Å². The average Bonchev–Trinajstić information content (AvgIpc) is 2.90. The molecular formula is C32H52O2. The minimum Gasteiger partial charge on any atom is -0.348 e. The zero-order valence-electron chi connectivity index (χ0n) is 22.3. The molecule has 1 aliphatic heterocycles. The van der Waals surface area contributed by atoms with Crippen LogP contribution in [0.15, 0.2) is 24.3 Å². The Morgan fingerprint density at radius 3 is 1.79 bits per heavy atom. The zero-order chi connectivity index (χ0) is 23.6. The minimum absolute atomic E-state index is 0.163. The molecule has 3 fully saturated rings. The van der Waals surface area contributed by atoms with Gasteiger partial charge in [-0.2, -0.15) is 0 Å². The van der Waals surface area contributed by atoms with E-state index in [-0.39, 0.29) is 6.29 Å². The maximum Gasteiger partial charge on any atom is 0.183 e. The van der Waals surface area contributed by atoms with Crippen LogP contribution in [-0.2, 0) is 9.47 Å². The molecule has 2 aliphatic carbocycles. The maximum atomic E-state index is 6.12. The first-order chi connectivity index (χ1) is 16.8. The van der Waals surface area contributed by atoms with Crippen molar-refractivity contribution in [2.24, 2.45) is 23.7 Å². The minimum atomic E-state index is -0.163. The molecule has 2 heteroatoms. The summed E-state index contributed by atoms with van der Waals surface area (Å²) >= 11 is 0. The Hall–Kier alpha value is -0.860. The second-order valence-electron chi connectivity index (χ2n) is 11.9. The monoisotopic (exact) mass is 468 g/mol. The molecule has 1 saturated heterocycles. The Morgan fingerprint density at radius 1 is 0.588 bits per heavy atom. The van der Waals surface area contributed by atoms with E-state index < -0.39 is 0 Å². The lowest BCUT2D eigenvalue weighted by Crippen LogP contribution is -2.27. The van der Waals surface area contributed by atoms with Crippen LogP contribution < -0.4 is 0 Å². The normalized spacial score (nSPS) is 32.5. The number of hydrogen-bond acceptors (Lipinski definition) is 2. The lowest BCUT2D eigenvalue weighted by molar-refractivity contribution is -0.206. The summed E-state index contributed by atoms with van der Waals surface area (Å²) in [6.07, 6.45) is 22.4. The van der Waals surface area contributed by atoms with Crippen LogP contribution >= 0.6 is 0 Å². The fraction of sp³-hybridized carbons (Fsp3) is 0.812. The largest absolute Gasteiger partial charge is 0.348 e. The van der Waals surface area contributed by atoms with Crippen molar-refractivity contribution in [1.82, 2.24) is 0 Å². The van der Waals surface area contributed by atoms with Crippen molar-refractivity contribution in [3.05, 3.63) is 35.4 Å². The number of hydrogen-bond donors (Lipinski definition) is 0. The smallest absolute Gasteiger partial charge is 0.183 e. The summed E-state index contributed by atoms with van der Waals surface area (Å²) in [4.78, 5) is 0. The van der Waals surface area contributed by atoms with Gasteiger partial charge < -0.3 is 9.47 Å². The van der Waals surface area contributed by atoms with Gasteiger partial charge in [-0.3, -0.25) is 0 Å². The van der Waals surface area contributed by atoms with Gasteiger partial charge >= 0.3 is 0 Å². The van der Waals surface area contributed by atoms with E-state index in [0.29, 0.717) is 5.92 Å². The zero-order valence-corrected chi connectivity index (χ0v) is 22.3. The van der Waals surface area contributed by atoms with Gasteiger partial charge in [-0.1, -0.05) is 95.9 Å². The standard InChI is InChI=1S/C32H52O2/c1-3-5-6-7-8-10-26-23-33-32(34-24-26)31-21-19-30(20-22-31)29-17-15-28(16-18-29)27-13-11-25(9-4-2)12-14-27/h19-22,25-29,32H,3-18,23-24H2,1-2H3. The topological polar surface area (TPSA) is 18.5 Å². The molecule has 0 aromatic heterocycles. The van der Waals surface area contributed by atoms with E-state index in [4.69, 9.17) is 9.47 Å². The number of benzene rings is 1. The van der Waals surface area contributed by atoms with Gasteiger partial charge in [0.25, 0.3) is 0 Å². The first-order valence-electron chi connectivity index (χ1n) is 15.1. The second-order valence-corrected chi connectivity index (χ2v) is 11.9. The molecule has 1 aromatic carbocycles. The third-order valence-corrected chi connectivity index (χ3v) is 9.39. The fourth-order valence-corrected chi connectivity index (χ4v) is 7.14. The van der Waals surface area contributed by atoms with Gasteiger partial charge in [0.1, 0.15) is 0 Å². The highest BCUT2D eigenvalue weighted by Crippen LogP contribution is 2.44. The molecule has 1 heterocycles. The van der Waals surface area contributed by atoms with Crippen LogP contribution in [0.4, 0.5) is 0 Å². The quantitative estimate of drug-likeness (QED) is 0.301. The molecule has 0 spiro atoms. The molecule has 34 heavy (non-hydrogen) atoms. The molecule has 0 radical (unpaired) electrons. The summed E-state index contributed by atoms with van der Waals surface area (Å²) < 4.78 is 12.2. The average molecular weight is 469 g/mol. The molecule has 0 N–H and O–H groups in total. The van der Waals surface area contributed by atoms with Gasteiger partial charge in [0.05, 0.1) is 13.2 Å². The molecule has 0 amide bonds. The van der Waals surface area contributed by atoms with Crippen molar-refractivity contribution in [3.63, 3.8) is 0 Å². The number of ether oxygens (including phenoxy) is 2. The highest BCUT2D eigenvalue weighted by molar-refractivity contribution is 5.26. The highest BCUT2D eigenvalue weighted by atomic mass is 16.7. The van der Waals surface area contributed by atoms with Crippen molar-refractivity contribution in [2.75, 3.05) is 13.2 Å². The van der Waals surface area contributed by atoms with Crippen LogP contribution in [0.5, 0.6) is 0 Å². The molecule has 0 bridgehead atoms. The van der Waals surface area contributed by atoms with E-state index in [1.807, 2.05) is 0 Å². The first-order valence-corrected chi connectivity index (χ1v) is 15.1. The number of unbranched alkanes of at least 4 members (excludes halogenated alkanes) is 4. The van der Waals surface area contributed by atoms with Crippen LogP contribution in [0.3, 0.4) is 0 Å². The Bertz CT molecular complexity index is 659. The summed E-state index contributed by atoms with van der Waals surface area (Å²) in [6, 6.07) is 9.27. The van der Waals surface area contributed by atoms with Gasteiger partial charge in [0.2, 0.25) is 0 Å². The molecule has 3 aliphatic rings. The molecule has 0 unspecified atom stereocenters. The molecule has 2 saturated carbocycles.